The van der Waals surface area contributed by atoms with E-state index in [4.69, 9.17) is 9.40 Å². The van der Waals surface area contributed by atoms with E-state index in [9.17, 15) is 0 Å². The van der Waals surface area contributed by atoms with Crippen molar-refractivity contribution in [2.24, 2.45) is 0 Å². The topological polar surface area (TPSA) is 35.9 Å². The number of fused-ring (bicyclic) bond motifs is 9. The predicted molar refractivity (Wildman–Crippen MR) is 237 cm³/mol. The van der Waals surface area contributed by atoms with Gasteiger partial charge in [0.15, 0.2) is 0 Å². The van der Waals surface area contributed by atoms with Crippen molar-refractivity contribution < 1.29 is 4.42 Å². The van der Waals surface area contributed by atoms with Gasteiger partial charge in [-0.2, -0.15) is 0 Å². The molecule has 0 atom stereocenters. The number of rotatable bonds is 5. The summed E-state index contributed by atoms with van der Waals surface area (Å²) in [6.07, 6.45) is 0. The Bertz CT molecular complexity index is 3410. The van der Waals surface area contributed by atoms with Gasteiger partial charge in [0.25, 0.3) is 0 Å². The van der Waals surface area contributed by atoms with Gasteiger partial charge in [-0.25, -0.2) is 4.98 Å². The lowest BCUT2D eigenvalue weighted by molar-refractivity contribution is 0.671. The summed E-state index contributed by atoms with van der Waals surface area (Å²) in [5, 5.41) is 6.99. The van der Waals surface area contributed by atoms with Gasteiger partial charge in [0.1, 0.15) is 17.0 Å². The molecule has 0 aliphatic carbocycles. The van der Waals surface area contributed by atoms with E-state index >= 15 is 0 Å². The van der Waals surface area contributed by atoms with Crippen LogP contribution in [0.5, 0.6) is 0 Å². The highest BCUT2D eigenvalue weighted by molar-refractivity contribution is 6.16. The Morgan fingerprint density at radius 3 is 1.33 bits per heavy atom. The fourth-order valence-corrected chi connectivity index (χ4v) is 8.98. The third kappa shape index (κ3) is 4.84. The van der Waals surface area contributed by atoms with E-state index in [1.807, 2.05) is 0 Å². The van der Waals surface area contributed by atoms with Crippen molar-refractivity contribution in [3.63, 3.8) is 0 Å². The maximum atomic E-state index is 7.11. The summed E-state index contributed by atoms with van der Waals surface area (Å²) in [6, 6.07) is 71.2. The van der Waals surface area contributed by atoms with Gasteiger partial charge < -0.3 is 8.98 Å². The largest absolute Gasteiger partial charge is 0.455 e. The van der Waals surface area contributed by atoms with E-state index in [1.54, 1.807) is 0 Å². The number of pyridine rings is 1. The van der Waals surface area contributed by atoms with E-state index in [0.29, 0.717) is 0 Å². The van der Waals surface area contributed by atoms with Gasteiger partial charge >= 0.3 is 0 Å². The first kappa shape index (κ1) is 31.6. The molecular formula is C53H33N3O. The van der Waals surface area contributed by atoms with Crippen LogP contribution >= 0.6 is 0 Å². The molecule has 0 spiro atoms. The highest BCUT2D eigenvalue weighted by atomic mass is 16.3. The molecular weight excluding hydrogens is 695 g/mol. The zero-order chi connectivity index (χ0) is 37.5. The number of benzene rings is 8. The molecule has 0 radical (unpaired) electrons. The maximum absolute atomic E-state index is 7.11. The lowest BCUT2D eigenvalue weighted by Gasteiger charge is -2.12. The van der Waals surface area contributed by atoms with Crippen LogP contribution < -0.4 is 0 Å². The third-order valence-electron chi connectivity index (χ3n) is 11.5. The predicted octanol–water partition coefficient (Wildman–Crippen LogP) is 14.2. The Hall–Kier alpha value is -7.69. The van der Waals surface area contributed by atoms with Crippen molar-refractivity contribution in [2.75, 3.05) is 0 Å². The Balaban J connectivity index is 1.16. The molecule has 4 heteroatoms. The normalized spacial score (nSPS) is 11.9. The zero-order valence-corrected chi connectivity index (χ0v) is 30.8. The van der Waals surface area contributed by atoms with Gasteiger partial charge in [-0.1, -0.05) is 140 Å². The molecule has 0 bridgehead atoms. The minimum Gasteiger partial charge on any atom is -0.455 e. The summed E-state index contributed by atoms with van der Waals surface area (Å²) in [7, 11) is 0. The summed E-state index contributed by atoms with van der Waals surface area (Å²) < 4.78 is 11.8. The molecule has 12 rings (SSSR count). The van der Waals surface area contributed by atoms with E-state index in [2.05, 4.69) is 209 Å². The highest BCUT2D eigenvalue weighted by Crippen LogP contribution is 2.44. The average molecular weight is 728 g/mol. The molecule has 0 amide bonds. The van der Waals surface area contributed by atoms with E-state index < -0.39 is 0 Å². The smallest absolute Gasteiger partial charge is 0.143 e. The second-order valence-corrected chi connectivity index (χ2v) is 14.7. The maximum Gasteiger partial charge on any atom is 0.143 e. The molecule has 12 aromatic rings. The lowest BCUT2D eigenvalue weighted by Crippen LogP contribution is -1.98. The van der Waals surface area contributed by atoms with E-state index in [-0.39, 0.29) is 0 Å². The SMILES string of the molecule is c1ccc(-c2cc(-c3cccc(-n4c5ccccc5c5ccccc54)n3)cc3c2oc2c(-c4ccccc4)cc(-n4c5ccccc5c5ccccc54)cc23)cc1. The number of hydrogen-bond donors (Lipinski definition) is 0. The zero-order valence-electron chi connectivity index (χ0n) is 30.8. The van der Waals surface area contributed by atoms with Crippen molar-refractivity contribution in [3.8, 4) is 45.0 Å². The van der Waals surface area contributed by atoms with Crippen LogP contribution in [0.4, 0.5) is 0 Å². The molecule has 0 unspecified atom stereocenters. The van der Waals surface area contributed by atoms with Crippen molar-refractivity contribution in [1.82, 2.24) is 14.1 Å². The third-order valence-corrected chi connectivity index (χ3v) is 11.5. The molecule has 4 heterocycles. The molecule has 0 N–H and O–H groups in total. The standard InChI is InChI=1S/C53H33N3O/c1-3-16-34(17-4-1)42-30-36(46-24-15-29-51(54-46)56-49-27-13-9-22-40(49)41-23-10-14-28-50(41)56)31-44-45-33-37(32-43(53(45)57-52(42)44)35-18-5-2-6-19-35)55-47-25-11-7-20-38(47)39-21-8-12-26-48(39)55/h1-33H. The molecule has 4 nitrogen and oxygen atoms in total. The van der Waals surface area contributed by atoms with Gasteiger partial charge in [-0.05, 0) is 71.8 Å². The van der Waals surface area contributed by atoms with E-state index in [1.165, 1.54) is 32.6 Å². The van der Waals surface area contributed by atoms with Crippen LogP contribution in [0.15, 0.2) is 205 Å². The second-order valence-electron chi connectivity index (χ2n) is 14.7. The van der Waals surface area contributed by atoms with Gasteiger partial charge in [0.05, 0.1) is 27.8 Å². The molecule has 4 aromatic heterocycles. The minimum atomic E-state index is 0.857. The monoisotopic (exact) mass is 727 g/mol. The molecule has 57 heavy (non-hydrogen) atoms. The summed E-state index contributed by atoms with van der Waals surface area (Å²) in [6.45, 7) is 0. The van der Waals surface area contributed by atoms with Gasteiger partial charge in [0.2, 0.25) is 0 Å². The van der Waals surface area contributed by atoms with Crippen molar-refractivity contribution in [2.45, 2.75) is 0 Å². The molecule has 0 saturated carbocycles. The number of hydrogen-bond acceptors (Lipinski definition) is 2. The quantitative estimate of drug-likeness (QED) is 0.177. The van der Waals surface area contributed by atoms with Crippen molar-refractivity contribution in [1.29, 1.82) is 0 Å². The fourth-order valence-electron chi connectivity index (χ4n) is 8.98. The molecule has 0 saturated heterocycles. The first-order valence-corrected chi connectivity index (χ1v) is 19.4. The highest BCUT2D eigenvalue weighted by Gasteiger charge is 2.22. The number of para-hydroxylation sites is 4. The Labute approximate surface area is 328 Å². The summed E-state index contributed by atoms with van der Waals surface area (Å²) in [4.78, 5) is 5.41. The van der Waals surface area contributed by atoms with Crippen LogP contribution in [-0.2, 0) is 0 Å². The summed E-state index contributed by atoms with van der Waals surface area (Å²) in [5.74, 6) is 0.878. The van der Waals surface area contributed by atoms with Crippen LogP contribution in [0.1, 0.15) is 0 Å². The minimum absolute atomic E-state index is 0.857. The first-order valence-electron chi connectivity index (χ1n) is 19.4. The summed E-state index contributed by atoms with van der Waals surface area (Å²) in [5.41, 5.74) is 13.6. The van der Waals surface area contributed by atoms with Crippen LogP contribution in [0.2, 0.25) is 0 Å². The molecule has 8 aromatic carbocycles. The van der Waals surface area contributed by atoms with Crippen LogP contribution in [0, 0.1) is 0 Å². The van der Waals surface area contributed by atoms with Crippen molar-refractivity contribution >= 4 is 65.6 Å². The average Bonchev–Trinajstić information content (AvgIpc) is 3.94. The number of furan rings is 1. The number of aromatic nitrogens is 3. The van der Waals surface area contributed by atoms with Gasteiger partial charge in [-0.3, -0.25) is 4.57 Å². The first-order chi connectivity index (χ1) is 28.3. The molecule has 266 valence electrons. The Morgan fingerprint density at radius 1 is 0.333 bits per heavy atom. The number of nitrogens with zero attached hydrogens (tertiary/aromatic N) is 3. The van der Waals surface area contributed by atoms with Crippen molar-refractivity contribution in [3.05, 3.63) is 200 Å². The molecule has 0 aliphatic heterocycles. The Morgan fingerprint density at radius 2 is 0.789 bits per heavy atom. The van der Waals surface area contributed by atoms with E-state index in [0.717, 1.165) is 78.0 Å². The lowest BCUT2D eigenvalue weighted by atomic mass is 9.96. The van der Waals surface area contributed by atoms with Gasteiger partial charge in [-0.15, -0.1) is 0 Å². The second kappa shape index (κ2) is 12.4. The summed E-state index contributed by atoms with van der Waals surface area (Å²) >= 11 is 0. The van der Waals surface area contributed by atoms with Crippen LogP contribution in [0.3, 0.4) is 0 Å². The van der Waals surface area contributed by atoms with Crippen LogP contribution in [0.25, 0.3) is 111 Å². The molecule has 0 fully saturated rings. The van der Waals surface area contributed by atoms with Crippen LogP contribution in [-0.4, -0.2) is 14.1 Å². The Kier molecular flexibility index (Phi) is 6.89. The van der Waals surface area contributed by atoms with Gasteiger partial charge in [0, 0.05) is 54.7 Å². The fraction of sp³-hybridized carbons (Fsp3) is 0. The molecule has 0 aliphatic rings.